The van der Waals surface area contributed by atoms with Crippen molar-refractivity contribution in [1.82, 2.24) is 4.57 Å². The number of hydrogen-bond acceptors (Lipinski definition) is 3. The van der Waals surface area contributed by atoms with E-state index in [1.165, 1.54) is 0 Å². The lowest BCUT2D eigenvalue weighted by Crippen LogP contribution is -2.14. The molecule has 0 bridgehead atoms. The molecule has 108 valence electrons. The summed E-state index contributed by atoms with van der Waals surface area (Å²) in [5.41, 5.74) is 7.75. The molecule has 5 nitrogen and oxygen atoms in total. The number of carbonyl (C=O) groups is 1. The van der Waals surface area contributed by atoms with Gasteiger partial charge in [-0.15, -0.1) is 0 Å². The van der Waals surface area contributed by atoms with Crippen molar-refractivity contribution in [2.24, 2.45) is 10.7 Å². The molecule has 3 aromatic rings. The number of halogens is 1. The molecule has 0 radical (unpaired) electrons. The Hall–Kier alpha value is -2.69. The van der Waals surface area contributed by atoms with E-state index >= 15 is 0 Å². The quantitative estimate of drug-likeness (QED) is 0.576. The zero-order chi connectivity index (χ0) is 15.7. The molecule has 3 rings (SSSR count). The molecule has 1 aromatic heterocycles. The lowest BCUT2D eigenvalue weighted by atomic mass is 10.1. The average molecular weight is 356 g/mol. The van der Waals surface area contributed by atoms with Gasteiger partial charge in [0, 0.05) is 16.1 Å². The summed E-state index contributed by atoms with van der Waals surface area (Å²) in [5, 5.41) is 0.783. The number of isocyanates is 1. The van der Waals surface area contributed by atoms with Crippen molar-refractivity contribution >= 4 is 44.5 Å². The second-order valence-corrected chi connectivity index (χ2v) is 5.55. The summed E-state index contributed by atoms with van der Waals surface area (Å²) >= 11 is 3.42. The number of hydrogen-bond donors (Lipinski definition) is 1. The lowest BCUT2D eigenvalue weighted by Gasteiger charge is -2.09. The van der Waals surface area contributed by atoms with Gasteiger partial charge in [-0.1, -0.05) is 28.1 Å². The van der Waals surface area contributed by atoms with Gasteiger partial charge in [0.1, 0.15) is 5.69 Å². The molecule has 0 saturated carbocycles. The van der Waals surface area contributed by atoms with E-state index in [-0.39, 0.29) is 0 Å². The van der Waals surface area contributed by atoms with Crippen LogP contribution in [0.3, 0.4) is 0 Å². The molecule has 0 fully saturated rings. The molecule has 1 amide bonds. The largest absolute Gasteiger partial charge is 0.366 e. The molecule has 0 unspecified atom stereocenters. The maximum Gasteiger partial charge on any atom is 0.250 e. The Morgan fingerprint density at radius 2 is 2.00 bits per heavy atom. The van der Waals surface area contributed by atoms with Crippen LogP contribution < -0.4 is 5.73 Å². The summed E-state index contributed by atoms with van der Waals surface area (Å²) in [6.07, 6.45) is 3.24. The Bertz CT molecular complexity index is 940. The van der Waals surface area contributed by atoms with Crippen LogP contribution in [0.5, 0.6) is 0 Å². The van der Waals surface area contributed by atoms with E-state index in [2.05, 4.69) is 20.9 Å². The third-order valence-electron chi connectivity index (χ3n) is 3.34. The Morgan fingerprint density at radius 1 is 1.23 bits per heavy atom. The summed E-state index contributed by atoms with van der Waals surface area (Å²) in [4.78, 5) is 26.0. The lowest BCUT2D eigenvalue weighted by molar-refractivity contribution is 0.100. The normalized spacial score (nSPS) is 10.4. The zero-order valence-electron chi connectivity index (χ0n) is 11.3. The van der Waals surface area contributed by atoms with Gasteiger partial charge >= 0.3 is 0 Å². The molecular formula is C16H10BrN3O2. The summed E-state index contributed by atoms with van der Waals surface area (Å²) in [5.74, 6) is -0.520. The first-order chi connectivity index (χ1) is 10.6. The Balaban J connectivity index is 2.39. The van der Waals surface area contributed by atoms with Crippen LogP contribution in [0.1, 0.15) is 10.4 Å². The first kappa shape index (κ1) is 14.3. The average Bonchev–Trinajstić information content (AvgIpc) is 2.85. The summed E-state index contributed by atoms with van der Waals surface area (Å²) < 4.78 is 2.66. The van der Waals surface area contributed by atoms with Crippen molar-refractivity contribution in [3.8, 4) is 5.69 Å². The van der Waals surface area contributed by atoms with Gasteiger partial charge in [-0.25, -0.2) is 4.79 Å². The van der Waals surface area contributed by atoms with Crippen LogP contribution >= 0.6 is 15.9 Å². The van der Waals surface area contributed by atoms with E-state index < -0.39 is 5.91 Å². The summed E-state index contributed by atoms with van der Waals surface area (Å²) in [7, 11) is 0. The smallest absolute Gasteiger partial charge is 0.250 e. The van der Waals surface area contributed by atoms with Crippen LogP contribution in [0.2, 0.25) is 0 Å². The fourth-order valence-electron chi connectivity index (χ4n) is 2.41. The molecule has 2 N–H and O–H groups in total. The van der Waals surface area contributed by atoms with Crippen LogP contribution in [0.15, 0.2) is 58.1 Å². The number of rotatable bonds is 3. The van der Waals surface area contributed by atoms with Crippen molar-refractivity contribution in [3.63, 3.8) is 0 Å². The van der Waals surface area contributed by atoms with Crippen LogP contribution in [0.25, 0.3) is 16.6 Å². The van der Waals surface area contributed by atoms with Crippen molar-refractivity contribution in [3.05, 3.63) is 58.7 Å². The van der Waals surface area contributed by atoms with Gasteiger partial charge in [-0.2, -0.15) is 4.99 Å². The van der Waals surface area contributed by atoms with Crippen LogP contribution in [-0.4, -0.2) is 16.6 Å². The Kier molecular flexibility index (Phi) is 3.63. The van der Waals surface area contributed by atoms with E-state index in [0.717, 1.165) is 15.4 Å². The second-order valence-electron chi connectivity index (χ2n) is 4.63. The van der Waals surface area contributed by atoms with E-state index in [0.29, 0.717) is 16.9 Å². The maximum atomic E-state index is 11.6. The topological polar surface area (TPSA) is 77.5 Å². The van der Waals surface area contributed by atoms with E-state index in [9.17, 15) is 9.59 Å². The highest BCUT2D eigenvalue weighted by Crippen LogP contribution is 2.33. The SMILES string of the molecule is NC(=O)c1ccccc1-n1cc(N=C=O)c2ccc(Br)cc21. The number of amides is 1. The van der Waals surface area contributed by atoms with Gasteiger partial charge in [0.2, 0.25) is 6.08 Å². The molecule has 22 heavy (non-hydrogen) atoms. The molecule has 0 saturated heterocycles. The monoisotopic (exact) mass is 355 g/mol. The standard InChI is InChI=1S/C16H10BrN3O2/c17-10-5-6-11-13(19-9-21)8-20(15(11)7-10)14-4-2-1-3-12(14)16(18)22/h1-8H,(H2,18,22). The van der Waals surface area contributed by atoms with Gasteiger partial charge in [0.05, 0.1) is 16.8 Å². The minimum atomic E-state index is -0.520. The van der Waals surface area contributed by atoms with Gasteiger partial charge in [0.15, 0.2) is 0 Å². The minimum Gasteiger partial charge on any atom is -0.366 e. The number of nitrogens with two attached hydrogens (primary N) is 1. The molecule has 0 aliphatic heterocycles. The zero-order valence-corrected chi connectivity index (χ0v) is 12.9. The van der Waals surface area contributed by atoms with E-state index in [4.69, 9.17) is 5.73 Å². The molecule has 0 spiro atoms. The number of carbonyl (C=O) groups excluding carboxylic acids is 2. The van der Waals surface area contributed by atoms with Crippen molar-refractivity contribution in [2.75, 3.05) is 0 Å². The second kappa shape index (κ2) is 5.60. The molecular weight excluding hydrogens is 346 g/mol. The first-order valence-corrected chi connectivity index (χ1v) is 7.19. The number of para-hydroxylation sites is 1. The van der Waals surface area contributed by atoms with E-state index in [1.807, 2.05) is 24.3 Å². The first-order valence-electron chi connectivity index (χ1n) is 6.39. The maximum absolute atomic E-state index is 11.6. The highest BCUT2D eigenvalue weighted by molar-refractivity contribution is 9.10. The highest BCUT2D eigenvalue weighted by Gasteiger charge is 2.14. The Labute approximate surface area is 134 Å². The number of nitrogens with zero attached hydrogens (tertiary/aromatic N) is 2. The predicted octanol–water partition coefficient (Wildman–Crippen LogP) is 3.46. The third kappa shape index (κ3) is 2.35. The fraction of sp³-hybridized carbons (Fsp3) is 0. The Morgan fingerprint density at radius 3 is 2.73 bits per heavy atom. The number of aromatic nitrogens is 1. The van der Waals surface area contributed by atoms with Crippen molar-refractivity contribution in [2.45, 2.75) is 0 Å². The van der Waals surface area contributed by atoms with Crippen molar-refractivity contribution in [1.29, 1.82) is 0 Å². The van der Waals surface area contributed by atoms with Crippen molar-refractivity contribution < 1.29 is 9.59 Å². The predicted molar refractivity (Wildman–Crippen MR) is 87.3 cm³/mol. The molecule has 0 aliphatic carbocycles. The van der Waals surface area contributed by atoms with Gasteiger partial charge in [-0.3, -0.25) is 4.79 Å². The third-order valence-corrected chi connectivity index (χ3v) is 3.84. The van der Waals surface area contributed by atoms with Crippen LogP contribution in [-0.2, 0) is 4.79 Å². The van der Waals surface area contributed by atoms with Gasteiger partial charge < -0.3 is 10.3 Å². The van der Waals surface area contributed by atoms with E-state index in [1.54, 1.807) is 35.0 Å². The summed E-state index contributed by atoms with van der Waals surface area (Å²) in [6.45, 7) is 0. The van der Waals surface area contributed by atoms with Crippen LogP contribution in [0, 0.1) is 0 Å². The van der Waals surface area contributed by atoms with Gasteiger partial charge in [0.25, 0.3) is 5.91 Å². The van der Waals surface area contributed by atoms with Gasteiger partial charge in [-0.05, 0) is 30.3 Å². The molecule has 1 heterocycles. The fourth-order valence-corrected chi connectivity index (χ4v) is 2.76. The number of fused-ring (bicyclic) bond motifs is 1. The minimum absolute atomic E-state index is 0.390. The molecule has 0 atom stereocenters. The number of aliphatic imine (C=N–C) groups is 1. The number of primary amides is 1. The molecule has 6 heteroatoms. The summed E-state index contributed by atoms with van der Waals surface area (Å²) in [6, 6.07) is 12.6. The molecule has 2 aromatic carbocycles. The highest BCUT2D eigenvalue weighted by atomic mass is 79.9. The van der Waals surface area contributed by atoms with Crippen LogP contribution in [0.4, 0.5) is 5.69 Å². The number of benzene rings is 2. The molecule has 0 aliphatic rings.